The van der Waals surface area contributed by atoms with Gasteiger partial charge in [-0.3, -0.25) is 14.5 Å². The smallest absolute Gasteiger partial charge is 0.327 e. The van der Waals surface area contributed by atoms with Crippen molar-refractivity contribution in [3.05, 3.63) is 28.2 Å². The average Bonchev–Trinajstić information content (AvgIpc) is 3.05. The Bertz CT molecular complexity index is 892. The lowest BCUT2D eigenvalue weighted by Crippen LogP contribution is -2.49. The highest BCUT2D eigenvalue weighted by Gasteiger charge is 2.33. The number of rotatable bonds is 7. The van der Waals surface area contributed by atoms with Crippen molar-refractivity contribution in [2.75, 3.05) is 19.7 Å². The highest BCUT2D eigenvalue weighted by molar-refractivity contribution is 7.89. The van der Waals surface area contributed by atoms with Crippen LogP contribution in [-0.2, 0) is 24.3 Å². The van der Waals surface area contributed by atoms with Crippen molar-refractivity contribution in [3.63, 3.8) is 0 Å². The summed E-state index contributed by atoms with van der Waals surface area (Å²) in [6.07, 6.45) is -1.48. The van der Waals surface area contributed by atoms with Crippen molar-refractivity contribution < 1.29 is 32.6 Å². The van der Waals surface area contributed by atoms with Gasteiger partial charge in [0.1, 0.15) is 6.04 Å². The quantitative estimate of drug-likeness (QED) is 0.497. The molecule has 0 bridgehead atoms. The number of imide groups is 1. The molecule has 2 atom stereocenters. The molecule has 1 aliphatic heterocycles. The van der Waals surface area contributed by atoms with E-state index in [9.17, 15) is 27.9 Å². The molecular weight excluding hydrogens is 437 g/mol. The summed E-state index contributed by atoms with van der Waals surface area (Å²) in [6, 6.07) is 1.18. The maximum absolute atomic E-state index is 12.4. The van der Waals surface area contributed by atoms with Crippen LogP contribution in [0.15, 0.2) is 23.1 Å². The number of amides is 3. The fraction of sp³-hybridized carbons (Fsp3) is 0.400. The molecule has 28 heavy (non-hydrogen) atoms. The molecule has 1 saturated heterocycles. The van der Waals surface area contributed by atoms with Crippen LogP contribution >= 0.6 is 23.2 Å². The molecule has 0 aromatic heterocycles. The number of ether oxygens (including phenoxy) is 1. The van der Waals surface area contributed by atoms with Gasteiger partial charge in [-0.2, -0.15) is 4.72 Å². The Morgan fingerprint density at radius 1 is 1.36 bits per heavy atom. The number of urea groups is 1. The fourth-order valence-electron chi connectivity index (χ4n) is 2.23. The van der Waals surface area contributed by atoms with Gasteiger partial charge in [0.2, 0.25) is 10.0 Å². The summed E-state index contributed by atoms with van der Waals surface area (Å²) in [4.78, 5) is 36.0. The standard InChI is InChI=1S/C15H17Cl2N3O7S/c1-8(21)13(14(23)27-7-12(22)20-5-4-18-15(20)24)19-28(25,26)9-2-3-10(16)11(17)6-9/h2-3,6,8,13,19,21H,4-5,7H2,1H3,(H,18,24). The number of aliphatic hydroxyl groups excluding tert-OH is 1. The molecule has 0 radical (unpaired) electrons. The third-order valence-corrected chi connectivity index (χ3v) is 5.89. The van der Waals surface area contributed by atoms with Crippen LogP contribution in [0.3, 0.4) is 0 Å². The fourth-order valence-corrected chi connectivity index (χ4v) is 3.88. The van der Waals surface area contributed by atoms with E-state index in [4.69, 9.17) is 27.9 Å². The van der Waals surface area contributed by atoms with Gasteiger partial charge < -0.3 is 15.2 Å². The topological polar surface area (TPSA) is 142 Å². The summed E-state index contributed by atoms with van der Waals surface area (Å²) < 4.78 is 31.7. The maximum Gasteiger partial charge on any atom is 0.327 e. The Morgan fingerprint density at radius 2 is 2.04 bits per heavy atom. The molecule has 0 aliphatic carbocycles. The van der Waals surface area contributed by atoms with Gasteiger partial charge in [-0.1, -0.05) is 23.2 Å². The van der Waals surface area contributed by atoms with E-state index in [2.05, 4.69) is 5.32 Å². The summed E-state index contributed by atoms with van der Waals surface area (Å²) in [7, 11) is -4.27. The van der Waals surface area contributed by atoms with Crippen LogP contribution in [0.1, 0.15) is 6.92 Å². The first-order chi connectivity index (χ1) is 13.0. The van der Waals surface area contributed by atoms with Gasteiger partial charge >= 0.3 is 12.0 Å². The predicted molar refractivity (Wildman–Crippen MR) is 98.3 cm³/mol. The largest absolute Gasteiger partial charge is 0.454 e. The highest BCUT2D eigenvalue weighted by Crippen LogP contribution is 2.25. The van der Waals surface area contributed by atoms with Crippen molar-refractivity contribution >= 4 is 51.1 Å². The lowest BCUT2D eigenvalue weighted by molar-refractivity contribution is -0.154. The van der Waals surface area contributed by atoms with Crippen LogP contribution < -0.4 is 10.0 Å². The zero-order valence-corrected chi connectivity index (χ0v) is 16.8. The molecule has 1 heterocycles. The second-order valence-electron chi connectivity index (χ2n) is 5.80. The number of esters is 1. The number of nitrogens with zero attached hydrogens (tertiary/aromatic N) is 1. The summed E-state index contributed by atoms with van der Waals surface area (Å²) in [6.45, 7) is 0.778. The molecule has 1 aromatic rings. The SMILES string of the molecule is CC(O)C(NS(=O)(=O)c1ccc(Cl)c(Cl)c1)C(=O)OCC(=O)N1CCNC1=O. The van der Waals surface area contributed by atoms with E-state index >= 15 is 0 Å². The van der Waals surface area contributed by atoms with Crippen molar-refractivity contribution in [2.45, 2.75) is 24.0 Å². The molecule has 154 valence electrons. The van der Waals surface area contributed by atoms with E-state index in [1.165, 1.54) is 13.0 Å². The van der Waals surface area contributed by atoms with Crippen molar-refractivity contribution in [1.29, 1.82) is 0 Å². The number of nitrogens with one attached hydrogen (secondary N) is 2. The monoisotopic (exact) mass is 453 g/mol. The number of hydrogen-bond acceptors (Lipinski definition) is 7. The summed E-state index contributed by atoms with van der Waals surface area (Å²) in [5, 5.41) is 12.3. The molecule has 3 amide bonds. The first-order valence-electron chi connectivity index (χ1n) is 7.93. The molecule has 0 spiro atoms. The summed E-state index contributed by atoms with van der Waals surface area (Å²) >= 11 is 11.5. The second kappa shape index (κ2) is 9.05. The summed E-state index contributed by atoms with van der Waals surface area (Å²) in [5.74, 6) is -1.97. The third-order valence-electron chi connectivity index (χ3n) is 3.72. The Balaban J connectivity index is 2.07. The molecule has 1 aromatic carbocycles. The number of halogens is 2. The number of benzene rings is 1. The zero-order valence-electron chi connectivity index (χ0n) is 14.5. The van der Waals surface area contributed by atoms with Crippen LogP contribution in [0.4, 0.5) is 4.79 Å². The Morgan fingerprint density at radius 3 is 2.57 bits per heavy atom. The van der Waals surface area contributed by atoms with Crippen LogP contribution in [0.2, 0.25) is 10.0 Å². The molecule has 13 heteroatoms. The van der Waals surface area contributed by atoms with Crippen LogP contribution in [0.5, 0.6) is 0 Å². The van der Waals surface area contributed by atoms with Crippen LogP contribution in [0.25, 0.3) is 0 Å². The van der Waals surface area contributed by atoms with E-state index in [0.717, 1.165) is 17.0 Å². The van der Waals surface area contributed by atoms with E-state index in [1.54, 1.807) is 0 Å². The Kier molecular flexibility index (Phi) is 7.23. The van der Waals surface area contributed by atoms with E-state index in [-0.39, 0.29) is 28.0 Å². The molecule has 2 unspecified atom stereocenters. The van der Waals surface area contributed by atoms with E-state index < -0.39 is 46.7 Å². The predicted octanol–water partition coefficient (Wildman–Crippen LogP) is 0.116. The number of carbonyl (C=O) groups is 3. The van der Waals surface area contributed by atoms with Gasteiger partial charge in [0, 0.05) is 13.1 Å². The third kappa shape index (κ3) is 5.32. The highest BCUT2D eigenvalue weighted by atomic mass is 35.5. The number of hydrogen-bond donors (Lipinski definition) is 3. The summed E-state index contributed by atoms with van der Waals surface area (Å²) in [5.41, 5.74) is 0. The van der Waals surface area contributed by atoms with Crippen molar-refractivity contribution in [2.24, 2.45) is 0 Å². The van der Waals surface area contributed by atoms with Gasteiger partial charge in [0.15, 0.2) is 6.61 Å². The van der Waals surface area contributed by atoms with E-state index in [0.29, 0.717) is 0 Å². The minimum absolute atomic E-state index is 0.0183. The van der Waals surface area contributed by atoms with Crippen LogP contribution in [-0.4, -0.2) is 68.2 Å². The number of aliphatic hydroxyl groups is 1. The first kappa shape index (κ1) is 22.4. The van der Waals surface area contributed by atoms with E-state index in [1.807, 2.05) is 4.72 Å². The first-order valence-corrected chi connectivity index (χ1v) is 10.2. The molecular formula is C15H17Cl2N3O7S. The number of carbonyl (C=O) groups excluding carboxylic acids is 3. The lowest BCUT2D eigenvalue weighted by Gasteiger charge is -2.20. The molecule has 10 nitrogen and oxygen atoms in total. The van der Waals surface area contributed by atoms with Gasteiger partial charge in [-0.15, -0.1) is 0 Å². The van der Waals surface area contributed by atoms with Crippen molar-refractivity contribution in [1.82, 2.24) is 14.9 Å². The molecule has 1 fully saturated rings. The van der Waals surface area contributed by atoms with Gasteiger partial charge in [0.25, 0.3) is 5.91 Å². The second-order valence-corrected chi connectivity index (χ2v) is 8.33. The van der Waals surface area contributed by atoms with Crippen molar-refractivity contribution in [3.8, 4) is 0 Å². The molecule has 0 saturated carbocycles. The average molecular weight is 454 g/mol. The Hall–Kier alpha value is -1.92. The van der Waals surface area contributed by atoms with Gasteiger partial charge in [-0.25, -0.2) is 13.2 Å². The maximum atomic E-state index is 12.4. The Labute approximate surface area is 170 Å². The van der Waals surface area contributed by atoms with Gasteiger partial charge in [-0.05, 0) is 25.1 Å². The van der Waals surface area contributed by atoms with Gasteiger partial charge in [0.05, 0.1) is 21.0 Å². The van der Waals surface area contributed by atoms with Crippen LogP contribution in [0, 0.1) is 0 Å². The lowest BCUT2D eigenvalue weighted by atomic mass is 10.2. The number of sulfonamides is 1. The molecule has 2 rings (SSSR count). The molecule has 1 aliphatic rings. The zero-order chi connectivity index (χ0) is 21.1. The minimum atomic E-state index is -4.27. The normalized spacial score (nSPS) is 16.4. The molecule has 3 N–H and O–H groups in total. The minimum Gasteiger partial charge on any atom is -0.454 e.